The van der Waals surface area contributed by atoms with E-state index in [1.54, 1.807) is 57.4 Å². The molecule has 1 aromatic carbocycles. The molecule has 160 valence electrons. The molecule has 8 heteroatoms. The molecule has 0 saturated carbocycles. The van der Waals surface area contributed by atoms with Gasteiger partial charge in [-0.05, 0) is 45.0 Å². The molecule has 0 amide bonds. The minimum atomic E-state index is -0.588. The standard InChI is InChI=1S/C23H24N4O4/c1-23(2,3)31-20(29)14-30-18-8-4-7-16-21(18)26-19(27-11-10-25-22(16)27)12-17(28)15-6-5-9-24-13-15/h4-9,12-13,28H,10-11,14H2,1-3H3/b17-12-. The highest BCUT2D eigenvalue weighted by molar-refractivity contribution is 6.20. The number of esters is 1. The molecule has 1 aromatic heterocycles. The predicted octanol–water partition coefficient (Wildman–Crippen LogP) is 3.51. The Morgan fingerprint density at radius 1 is 1.26 bits per heavy atom. The van der Waals surface area contributed by atoms with E-state index in [4.69, 9.17) is 14.5 Å². The monoisotopic (exact) mass is 420 g/mol. The Morgan fingerprint density at radius 3 is 2.84 bits per heavy atom. The van der Waals surface area contributed by atoms with Crippen LogP contribution in [0.4, 0.5) is 5.69 Å². The summed E-state index contributed by atoms with van der Waals surface area (Å²) in [6.45, 7) is 6.47. The number of aromatic nitrogens is 1. The number of hydrogen-bond acceptors (Lipinski definition) is 8. The van der Waals surface area contributed by atoms with Crippen molar-refractivity contribution >= 4 is 29.1 Å². The highest BCUT2D eigenvalue weighted by Crippen LogP contribution is 2.37. The van der Waals surface area contributed by atoms with Gasteiger partial charge in [0.2, 0.25) is 0 Å². The normalized spacial score (nSPS) is 15.6. The van der Waals surface area contributed by atoms with Gasteiger partial charge in [-0.25, -0.2) is 9.79 Å². The number of carbonyl (C=O) groups excluding carboxylic acids is 1. The van der Waals surface area contributed by atoms with Gasteiger partial charge in [-0.3, -0.25) is 9.98 Å². The number of amidine groups is 2. The van der Waals surface area contributed by atoms with E-state index < -0.39 is 11.6 Å². The van der Waals surface area contributed by atoms with Crippen LogP contribution >= 0.6 is 0 Å². The van der Waals surface area contributed by atoms with Crippen molar-refractivity contribution in [2.24, 2.45) is 9.98 Å². The second kappa shape index (κ2) is 8.22. The number of pyridine rings is 1. The Kier molecular flexibility index (Phi) is 5.46. The van der Waals surface area contributed by atoms with Crippen LogP contribution in [0.5, 0.6) is 5.75 Å². The summed E-state index contributed by atoms with van der Waals surface area (Å²) in [4.78, 5) is 27.4. The van der Waals surface area contributed by atoms with Gasteiger partial charge < -0.3 is 19.5 Å². The molecule has 2 aliphatic heterocycles. The molecule has 0 saturated heterocycles. The fourth-order valence-corrected chi connectivity index (χ4v) is 3.35. The average Bonchev–Trinajstić information content (AvgIpc) is 3.22. The maximum Gasteiger partial charge on any atom is 0.344 e. The average molecular weight is 420 g/mol. The molecule has 1 N–H and O–H groups in total. The van der Waals surface area contributed by atoms with Crippen LogP contribution in [0, 0.1) is 0 Å². The first-order valence-electron chi connectivity index (χ1n) is 10.0. The Bertz CT molecular complexity index is 1080. The molecular weight excluding hydrogens is 396 g/mol. The predicted molar refractivity (Wildman–Crippen MR) is 118 cm³/mol. The lowest BCUT2D eigenvalue weighted by molar-refractivity contribution is -0.157. The summed E-state index contributed by atoms with van der Waals surface area (Å²) >= 11 is 0. The summed E-state index contributed by atoms with van der Waals surface area (Å²) in [6, 6.07) is 9.02. The molecule has 0 radical (unpaired) electrons. The fourth-order valence-electron chi connectivity index (χ4n) is 3.35. The molecule has 2 aliphatic rings. The van der Waals surface area contributed by atoms with Gasteiger partial charge in [0.1, 0.15) is 34.5 Å². The zero-order valence-corrected chi connectivity index (χ0v) is 17.7. The lowest BCUT2D eigenvalue weighted by atomic mass is 10.1. The SMILES string of the molecule is CC(C)(C)OC(=O)COc1cccc2c1N=C(/C=C(\O)c1cccnc1)N1CCN=C21. The molecule has 0 spiro atoms. The first-order valence-corrected chi connectivity index (χ1v) is 10.0. The molecule has 0 aliphatic carbocycles. The van der Waals surface area contributed by atoms with E-state index in [0.29, 0.717) is 35.9 Å². The number of nitrogens with zero attached hydrogens (tertiary/aromatic N) is 4. The first kappa shape index (κ1) is 20.6. The van der Waals surface area contributed by atoms with Crippen molar-refractivity contribution in [2.45, 2.75) is 26.4 Å². The Morgan fingerprint density at radius 2 is 2.10 bits per heavy atom. The second-order valence-corrected chi connectivity index (χ2v) is 8.13. The minimum Gasteiger partial charge on any atom is -0.507 e. The molecule has 0 atom stereocenters. The van der Waals surface area contributed by atoms with Crippen LogP contribution in [0.15, 0.2) is 58.8 Å². The van der Waals surface area contributed by atoms with Gasteiger partial charge in [-0.2, -0.15) is 0 Å². The molecule has 31 heavy (non-hydrogen) atoms. The lowest BCUT2D eigenvalue weighted by Crippen LogP contribution is -2.36. The van der Waals surface area contributed by atoms with Crippen LogP contribution in [0.1, 0.15) is 31.9 Å². The van der Waals surface area contributed by atoms with Gasteiger partial charge in [0.15, 0.2) is 6.61 Å². The zero-order valence-electron chi connectivity index (χ0n) is 17.7. The van der Waals surface area contributed by atoms with Gasteiger partial charge in [-0.1, -0.05) is 6.07 Å². The Labute approximate surface area is 180 Å². The quantitative estimate of drug-likeness (QED) is 0.587. The van der Waals surface area contributed by atoms with Crippen LogP contribution in [0.25, 0.3) is 5.76 Å². The van der Waals surface area contributed by atoms with Crippen molar-refractivity contribution in [3.8, 4) is 5.75 Å². The van der Waals surface area contributed by atoms with E-state index in [1.807, 2.05) is 17.0 Å². The van der Waals surface area contributed by atoms with Crippen molar-refractivity contribution in [2.75, 3.05) is 19.7 Å². The second-order valence-electron chi connectivity index (χ2n) is 8.13. The number of benzene rings is 1. The number of ether oxygens (including phenoxy) is 2. The summed E-state index contributed by atoms with van der Waals surface area (Å²) < 4.78 is 11.1. The maximum atomic E-state index is 12.1. The summed E-state index contributed by atoms with van der Waals surface area (Å²) in [5.74, 6) is 1.34. The molecule has 3 heterocycles. The molecule has 0 fully saturated rings. The lowest BCUT2D eigenvalue weighted by Gasteiger charge is -2.27. The largest absolute Gasteiger partial charge is 0.507 e. The van der Waals surface area contributed by atoms with E-state index in [0.717, 1.165) is 11.4 Å². The summed E-state index contributed by atoms with van der Waals surface area (Å²) in [5, 5.41) is 10.6. The fraction of sp³-hybridized carbons (Fsp3) is 0.304. The molecule has 8 nitrogen and oxygen atoms in total. The molecule has 0 unspecified atom stereocenters. The van der Waals surface area contributed by atoms with Gasteiger partial charge in [-0.15, -0.1) is 0 Å². The summed E-state index contributed by atoms with van der Waals surface area (Å²) in [6.07, 6.45) is 4.81. The first-order chi connectivity index (χ1) is 14.8. The van der Waals surface area contributed by atoms with Gasteiger partial charge in [0.05, 0.1) is 6.54 Å². The van der Waals surface area contributed by atoms with E-state index in [9.17, 15) is 9.90 Å². The summed E-state index contributed by atoms with van der Waals surface area (Å²) in [7, 11) is 0. The number of aliphatic hydroxyl groups is 1. The van der Waals surface area contributed by atoms with Gasteiger partial charge in [0, 0.05) is 36.1 Å². The molecule has 0 bridgehead atoms. The number of aliphatic hydroxyl groups excluding tert-OH is 1. The van der Waals surface area contributed by atoms with E-state index in [1.165, 1.54) is 0 Å². The van der Waals surface area contributed by atoms with E-state index >= 15 is 0 Å². The van der Waals surface area contributed by atoms with Crippen molar-refractivity contribution in [3.05, 3.63) is 59.9 Å². The number of para-hydroxylation sites is 1. The maximum absolute atomic E-state index is 12.1. The van der Waals surface area contributed by atoms with Crippen LogP contribution in [0.2, 0.25) is 0 Å². The zero-order chi connectivity index (χ0) is 22.0. The van der Waals surface area contributed by atoms with E-state index in [2.05, 4.69) is 9.98 Å². The van der Waals surface area contributed by atoms with Crippen molar-refractivity contribution in [3.63, 3.8) is 0 Å². The van der Waals surface area contributed by atoms with Crippen LogP contribution in [-0.2, 0) is 9.53 Å². The van der Waals surface area contributed by atoms with Crippen molar-refractivity contribution in [1.29, 1.82) is 0 Å². The molecular formula is C23H24N4O4. The third-order valence-corrected chi connectivity index (χ3v) is 4.57. The third-order valence-electron chi connectivity index (χ3n) is 4.57. The number of rotatable bonds is 5. The van der Waals surface area contributed by atoms with Crippen molar-refractivity contribution in [1.82, 2.24) is 9.88 Å². The number of fused-ring (bicyclic) bond motifs is 3. The van der Waals surface area contributed by atoms with Gasteiger partial charge in [0.25, 0.3) is 0 Å². The van der Waals surface area contributed by atoms with Crippen LogP contribution in [-0.4, -0.2) is 57.9 Å². The summed E-state index contributed by atoms with van der Waals surface area (Å²) in [5.41, 5.74) is 1.38. The highest BCUT2D eigenvalue weighted by atomic mass is 16.6. The topological polar surface area (TPSA) is 96.6 Å². The Balaban J connectivity index is 1.66. The smallest absolute Gasteiger partial charge is 0.344 e. The van der Waals surface area contributed by atoms with Crippen LogP contribution < -0.4 is 4.74 Å². The Hall–Kier alpha value is -3.68. The number of hydrogen-bond donors (Lipinski definition) is 1. The minimum absolute atomic E-state index is 0.0497. The highest BCUT2D eigenvalue weighted by Gasteiger charge is 2.30. The van der Waals surface area contributed by atoms with Crippen molar-refractivity contribution < 1.29 is 19.4 Å². The van der Waals surface area contributed by atoms with E-state index in [-0.39, 0.29) is 12.4 Å². The number of carbonyl (C=O) groups is 1. The molecule has 2 aromatic rings. The number of aliphatic imine (C=N–C) groups is 2. The van der Waals surface area contributed by atoms with Crippen LogP contribution in [0.3, 0.4) is 0 Å². The van der Waals surface area contributed by atoms with Gasteiger partial charge >= 0.3 is 5.97 Å². The third kappa shape index (κ3) is 4.58. The molecule has 4 rings (SSSR count).